The molecule has 3 heterocycles. The summed E-state index contributed by atoms with van der Waals surface area (Å²) < 4.78 is 5.40. The number of amides is 2. The van der Waals surface area contributed by atoms with E-state index in [4.69, 9.17) is 16.2 Å². The molecule has 11 heteroatoms. The van der Waals surface area contributed by atoms with Gasteiger partial charge in [0, 0.05) is 42.6 Å². The molecule has 6 N–H and O–H groups in total. The van der Waals surface area contributed by atoms with Gasteiger partial charge in [-0.3, -0.25) is 0 Å². The third kappa shape index (κ3) is 5.63. The molecule has 1 aromatic carbocycles. The number of hydrogen-bond donors (Lipinski definition) is 4. The minimum atomic E-state index is -0.359. The summed E-state index contributed by atoms with van der Waals surface area (Å²) in [7, 11) is 0. The largest absolute Gasteiger partial charge is 0.382 e. The number of morpholine rings is 1. The Morgan fingerprint density at radius 1 is 1.09 bits per heavy atom. The lowest BCUT2D eigenvalue weighted by molar-refractivity contribution is 0.122. The number of carbonyl (C=O) groups is 1. The van der Waals surface area contributed by atoms with Crippen molar-refractivity contribution in [2.45, 2.75) is 6.54 Å². The topological polar surface area (TPSA) is 157 Å². The molecule has 0 atom stereocenters. The molecule has 0 bridgehead atoms. The van der Waals surface area contributed by atoms with Gasteiger partial charge in [0.25, 0.3) is 0 Å². The van der Waals surface area contributed by atoms with Gasteiger partial charge in [-0.1, -0.05) is 17.9 Å². The highest BCUT2D eigenvalue weighted by atomic mass is 16.5. The molecule has 1 fully saturated rings. The average Bonchev–Trinajstić information content (AvgIpc) is 2.83. The van der Waals surface area contributed by atoms with Crippen molar-refractivity contribution in [3.63, 3.8) is 0 Å². The van der Waals surface area contributed by atoms with E-state index in [9.17, 15) is 4.79 Å². The zero-order valence-electron chi connectivity index (χ0n) is 17.8. The predicted octanol–water partition coefficient (Wildman–Crippen LogP) is 0.989. The molecular weight excluding hydrogens is 422 g/mol. The first-order valence-electron chi connectivity index (χ1n) is 10.2. The molecule has 0 saturated carbocycles. The van der Waals surface area contributed by atoms with Gasteiger partial charge in [-0.05, 0) is 18.2 Å². The first kappa shape index (κ1) is 21.8. The van der Waals surface area contributed by atoms with Crippen molar-refractivity contribution in [3.05, 3.63) is 59.8 Å². The zero-order valence-corrected chi connectivity index (χ0v) is 17.8. The number of nitrogens with one attached hydrogen (secondary N) is 2. The van der Waals surface area contributed by atoms with Crippen LogP contribution in [0.2, 0.25) is 0 Å². The molecule has 2 amide bonds. The van der Waals surface area contributed by atoms with Crippen molar-refractivity contribution >= 4 is 29.2 Å². The van der Waals surface area contributed by atoms with Crippen LogP contribution in [-0.4, -0.2) is 52.3 Å². The van der Waals surface area contributed by atoms with Gasteiger partial charge in [0.1, 0.15) is 35.7 Å². The van der Waals surface area contributed by atoms with Crippen LogP contribution in [0.4, 0.5) is 27.9 Å². The molecule has 4 rings (SSSR count). The van der Waals surface area contributed by atoms with Gasteiger partial charge in [-0.25, -0.2) is 24.7 Å². The summed E-state index contributed by atoms with van der Waals surface area (Å²) in [5.41, 5.74) is 14.1. The molecule has 0 unspecified atom stereocenters. The van der Waals surface area contributed by atoms with Crippen LogP contribution in [0.5, 0.6) is 0 Å². The fourth-order valence-electron chi connectivity index (χ4n) is 3.24. The van der Waals surface area contributed by atoms with Gasteiger partial charge in [-0.15, -0.1) is 0 Å². The molecule has 168 valence electrons. The van der Waals surface area contributed by atoms with Crippen molar-refractivity contribution in [1.82, 2.24) is 25.3 Å². The Labute approximate surface area is 190 Å². The van der Waals surface area contributed by atoms with Crippen LogP contribution in [-0.2, 0) is 11.3 Å². The normalized spacial score (nSPS) is 13.0. The molecule has 2 aromatic heterocycles. The monoisotopic (exact) mass is 445 g/mol. The number of nitrogens with two attached hydrogens (primary N) is 2. The molecule has 0 radical (unpaired) electrons. The summed E-state index contributed by atoms with van der Waals surface area (Å²) in [5.74, 6) is 7.07. The Hall–Kier alpha value is -4.43. The van der Waals surface area contributed by atoms with E-state index in [1.807, 2.05) is 6.07 Å². The molecule has 3 aromatic rings. The number of nitrogens with zero attached hydrogens (tertiary/aromatic N) is 5. The summed E-state index contributed by atoms with van der Waals surface area (Å²) in [6.07, 6.45) is 4.49. The molecule has 1 aliphatic rings. The summed E-state index contributed by atoms with van der Waals surface area (Å²) in [4.78, 5) is 30.8. The summed E-state index contributed by atoms with van der Waals surface area (Å²) in [6, 6.07) is 6.75. The number of anilines is 4. The summed E-state index contributed by atoms with van der Waals surface area (Å²) in [5, 5.41) is 5.65. The quantitative estimate of drug-likeness (QED) is 0.430. The van der Waals surface area contributed by atoms with Crippen molar-refractivity contribution in [1.29, 1.82) is 0 Å². The number of urea groups is 1. The number of rotatable bonds is 4. The second kappa shape index (κ2) is 10.3. The number of aromatic nitrogens is 4. The SMILES string of the molecule is Nc1ncnc(N)c1C#Cc1cccc(NC(=O)NCc2cncnc2N2CCOCC2)c1. The van der Waals surface area contributed by atoms with Crippen LogP contribution in [0.3, 0.4) is 0 Å². The van der Waals surface area contributed by atoms with Crippen LogP contribution >= 0.6 is 0 Å². The number of ether oxygens (including phenoxy) is 1. The standard InChI is InChI=1S/C22H23N9O2/c23-19-18(20(24)28-14-27-19)5-4-15-2-1-3-17(10-15)30-22(32)26-12-16-11-25-13-29-21(16)31-6-8-33-9-7-31/h1-3,10-11,13-14H,6-9,12H2,(H2,26,30,32)(H4,23,24,27,28). The molecule has 33 heavy (non-hydrogen) atoms. The lowest BCUT2D eigenvalue weighted by Gasteiger charge is -2.29. The first-order valence-corrected chi connectivity index (χ1v) is 10.2. The van der Waals surface area contributed by atoms with Crippen molar-refractivity contribution in [3.8, 4) is 11.8 Å². The lowest BCUT2D eigenvalue weighted by Crippen LogP contribution is -2.38. The minimum Gasteiger partial charge on any atom is -0.382 e. The fourth-order valence-corrected chi connectivity index (χ4v) is 3.24. The maximum Gasteiger partial charge on any atom is 0.319 e. The van der Waals surface area contributed by atoms with Crippen LogP contribution in [0, 0.1) is 11.8 Å². The minimum absolute atomic E-state index is 0.213. The van der Waals surface area contributed by atoms with Crippen molar-refractivity contribution in [2.75, 3.05) is 48.0 Å². The summed E-state index contributed by atoms with van der Waals surface area (Å²) >= 11 is 0. The highest BCUT2D eigenvalue weighted by molar-refractivity contribution is 5.89. The maximum absolute atomic E-state index is 12.5. The van der Waals surface area contributed by atoms with Crippen LogP contribution in [0.15, 0.2) is 43.1 Å². The summed E-state index contributed by atoms with van der Waals surface area (Å²) in [6.45, 7) is 3.07. The van der Waals surface area contributed by atoms with E-state index in [1.165, 1.54) is 12.7 Å². The van der Waals surface area contributed by atoms with Crippen molar-refractivity contribution in [2.24, 2.45) is 0 Å². The smallest absolute Gasteiger partial charge is 0.319 e. The Morgan fingerprint density at radius 2 is 1.88 bits per heavy atom. The predicted molar refractivity (Wildman–Crippen MR) is 124 cm³/mol. The molecule has 1 saturated heterocycles. The second-order valence-corrected chi connectivity index (χ2v) is 7.13. The number of benzene rings is 1. The highest BCUT2D eigenvalue weighted by Gasteiger charge is 2.16. The van der Waals surface area contributed by atoms with Crippen LogP contribution in [0.1, 0.15) is 16.7 Å². The highest BCUT2D eigenvalue weighted by Crippen LogP contribution is 2.18. The van der Waals surface area contributed by atoms with Gasteiger partial charge in [0.05, 0.1) is 13.2 Å². The van der Waals surface area contributed by atoms with Crippen LogP contribution in [0.25, 0.3) is 0 Å². The van der Waals surface area contributed by atoms with Gasteiger partial charge in [-0.2, -0.15) is 0 Å². The van der Waals surface area contributed by atoms with E-state index in [2.05, 4.69) is 47.3 Å². The fraction of sp³-hybridized carbons (Fsp3) is 0.227. The Bertz CT molecular complexity index is 1180. The third-order valence-electron chi connectivity index (χ3n) is 4.87. The van der Waals surface area contributed by atoms with Gasteiger partial charge < -0.3 is 31.7 Å². The van der Waals surface area contributed by atoms with Crippen molar-refractivity contribution < 1.29 is 9.53 Å². The van der Waals surface area contributed by atoms with E-state index < -0.39 is 0 Å². The Kier molecular flexibility index (Phi) is 6.77. The number of hydrogen-bond acceptors (Lipinski definition) is 9. The molecule has 0 spiro atoms. The molecular formula is C22H23N9O2. The zero-order chi connectivity index (χ0) is 23.0. The lowest BCUT2D eigenvalue weighted by atomic mass is 10.2. The van der Waals surface area contributed by atoms with Gasteiger partial charge >= 0.3 is 6.03 Å². The van der Waals surface area contributed by atoms with E-state index in [-0.39, 0.29) is 24.2 Å². The Balaban J connectivity index is 1.39. The second-order valence-electron chi connectivity index (χ2n) is 7.13. The van der Waals surface area contributed by atoms with Gasteiger partial charge in [0.15, 0.2) is 0 Å². The van der Waals surface area contributed by atoms with E-state index in [0.29, 0.717) is 30.0 Å². The molecule has 11 nitrogen and oxygen atoms in total. The number of carbonyl (C=O) groups excluding carboxylic acids is 1. The average molecular weight is 445 g/mol. The Morgan fingerprint density at radius 3 is 2.67 bits per heavy atom. The van der Waals surface area contributed by atoms with E-state index >= 15 is 0 Å². The maximum atomic E-state index is 12.5. The number of nitrogen functional groups attached to an aromatic ring is 2. The van der Waals surface area contributed by atoms with E-state index in [0.717, 1.165) is 24.5 Å². The molecule has 1 aliphatic heterocycles. The third-order valence-corrected chi connectivity index (χ3v) is 4.87. The van der Waals surface area contributed by atoms with Crippen LogP contribution < -0.4 is 27.0 Å². The molecule has 0 aliphatic carbocycles. The first-order chi connectivity index (χ1) is 16.1. The van der Waals surface area contributed by atoms with E-state index in [1.54, 1.807) is 24.4 Å². The van der Waals surface area contributed by atoms with Gasteiger partial charge in [0.2, 0.25) is 0 Å².